The Bertz CT molecular complexity index is 530. The van der Waals surface area contributed by atoms with Gasteiger partial charge in [0.25, 0.3) is 0 Å². The number of hydrogen-bond acceptors (Lipinski definition) is 3. The SMILES string of the molecule is Cc1cc(-c2nc(Cl)c(I)c(Cl)n2)cc(C)c1O. The van der Waals surface area contributed by atoms with E-state index in [4.69, 9.17) is 23.2 Å². The lowest BCUT2D eigenvalue weighted by Crippen LogP contribution is -1.95. The van der Waals surface area contributed by atoms with Gasteiger partial charge in [-0.05, 0) is 59.7 Å². The second-order valence-electron chi connectivity index (χ2n) is 3.90. The molecule has 18 heavy (non-hydrogen) atoms. The van der Waals surface area contributed by atoms with E-state index in [0.717, 1.165) is 16.7 Å². The lowest BCUT2D eigenvalue weighted by atomic mass is 10.1. The minimum Gasteiger partial charge on any atom is -0.507 e. The van der Waals surface area contributed by atoms with Gasteiger partial charge >= 0.3 is 0 Å². The molecule has 0 aliphatic rings. The fourth-order valence-electron chi connectivity index (χ4n) is 1.61. The van der Waals surface area contributed by atoms with E-state index in [9.17, 15) is 5.11 Å². The number of benzene rings is 1. The quantitative estimate of drug-likeness (QED) is 0.576. The molecule has 1 heterocycles. The minimum absolute atomic E-state index is 0.279. The number of hydrogen-bond donors (Lipinski definition) is 1. The van der Waals surface area contributed by atoms with Crippen molar-refractivity contribution in [3.8, 4) is 17.1 Å². The lowest BCUT2D eigenvalue weighted by molar-refractivity contribution is 0.467. The standard InChI is InChI=1S/C12H9Cl2IN2O/c1-5-3-7(4-6(2)9(5)18)12-16-10(13)8(15)11(14)17-12/h3-4,18H,1-2H3. The van der Waals surface area contributed by atoms with E-state index in [1.54, 1.807) is 12.1 Å². The maximum atomic E-state index is 9.74. The summed E-state index contributed by atoms with van der Waals surface area (Å²) in [5, 5.41) is 10.4. The number of aromatic hydroxyl groups is 1. The molecule has 1 N–H and O–H groups in total. The summed E-state index contributed by atoms with van der Waals surface area (Å²) in [6, 6.07) is 3.61. The minimum atomic E-state index is 0.279. The predicted octanol–water partition coefficient (Wildman–Crippen LogP) is 4.38. The molecule has 0 spiro atoms. The average molecular weight is 395 g/mol. The molecule has 0 radical (unpaired) electrons. The van der Waals surface area contributed by atoms with E-state index >= 15 is 0 Å². The first kappa shape index (κ1) is 13.8. The van der Waals surface area contributed by atoms with Crippen LogP contribution in [0.25, 0.3) is 11.4 Å². The van der Waals surface area contributed by atoms with Crippen molar-refractivity contribution in [1.82, 2.24) is 9.97 Å². The van der Waals surface area contributed by atoms with Gasteiger partial charge < -0.3 is 5.11 Å². The van der Waals surface area contributed by atoms with Crippen molar-refractivity contribution in [2.45, 2.75) is 13.8 Å². The number of phenols is 1. The summed E-state index contributed by atoms with van der Waals surface area (Å²) in [6.45, 7) is 3.64. The monoisotopic (exact) mass is 394 g/mol. The van der Waals surface area contributed by atoms with Crippen LogP contribution in [0.3, 0.4) is 0 Å². The molecule has 2 aromatic rings. The Hall–Kier alpha value is -0.590. The van der Waals surface area contributed by atoms with E-state index in [1.807, 2.05) is 36.4 Å². The van der Waals surface area contributed by atoms with Gasteiger partial charge in [-0.1, -0.05) is 23.2 Å². The number of nitrogens with zero attached hydrogens (tertiary/aromatic N) is 2. The van der Waals surface area contributed by atoms with Crippen molar-refractivity contribution in [1.29, 1.82) is 0 Å². The van der Waals surface area contributed by atoms with E-state index in [2.05, 4.69) is 9.97 Å². The van der Waals surface area contributed by atoms with Crippen molar-refractivity contribution in [3.05, 3.63) is 37.1 Å². The first-order valence-corrected chi connectivity index (χ1v) is 6.92. The zero-order chi connectivity index (χ0) is 13.4. The molecule has 94 valence electrons. The average Bonchev–Trinajstić information content (AvgIpc) is 2.31. The third kappa shape index (κ3) is 2.55. The Kier molecular flexibility index (Phi) is 3.99. The molecular formula is C12H9Cl2IN2O. The Morgan fingerprint density at radius 1 is 1.06 bits per heavy atom. The second kappa shape index (κ2) is 5.19. The molecule has 1 aromatic heterocycles. The van der Waals surface area contributed by atoms with Crippen LogP contribution in [0.15, 0.2) is 12.1 Å². The van der Waals surface area contributed by atoms with Crippen LogP contribution in [-0.4, -0.2) is 15.1 Å². The summed E-state index contributed by atoms with van der Waals surface area (Å²) in [6.07, 6.45) is 0. The summed E-state index contributed by atoms with van der Waals surface area (Å²) < 4.78 is 0.631. The number of aromatic nitrogens is 2. The van der Waals surface area contributed by atoms with Crippen LogP contribution in [0.4, 0.5) is 0 Å². The van der Waals surface area contributed by atoms with Gasteiger partial charge in [-0.2, -0.15) is 0 Å². The predicted molar refractivity (Wildman–Crippen MR) is 81.3 cm³/mol. The van der Waals surface area contributed by atoms with Crippen LogP contribution in [0.1, 0.15) is 11.1 Å². The van der Waals surface area contributed by atoms with Crippen LogP contribution in [0, 0.1) is 17.4 Å². The van der Waals surface area contributed by atoms with Crippen LogP contribution >= 0.6 is 45.8 Å². The Labute approximate surface area is 128 Å². The molecule has 0 unspecified atom stereocenters. The van der Waals surface area contributed by atoms with E-state index < -0.39 is 0 Å². The van der Waals surface area contributed by atoms with Crippen molar-refractivity contribution < 1.29 is 5.11 Å². The van der Waals surface area contributed by atoms with Gasteiger partial charge in [0.2, 0.25) is 0 Å². The summed E-state index contributed by atoms with van der Waals surface area (Å²) >= 11 is 14.0. The number of halogens is 3. The second-order valence-corrected chi connectivity index (χ2v) is 5.70. The summed E-state index contributed by atoms with van der Waals surface area (Å²) in [4.78, 5) is 8.39. The molecule has 0 aliphatic heterocycles. The highest BCUT2D eigenvalue weighted by molar-refractivity contribution is 14.1. The van der Waals surface area contributed by atoms with Crippen molar-refractivity contribution in [3.63, 3.8) is 0 Å². The van der Waals surface area contributed by atoms with Crippen molar-refractivity contribution in [2.24, 2.45) is 0 Å². The zero-order valence-electron chi connectivity index (χ0n) is 9.63. The fraction of sp³-hybridized carbons (Fsp3) is 0.167. The van der Waals surface area contributed by atoms with Crippen LogP contribution in [-0.2, 0) is 0 Å². The van der Waals surface area contributed by atoms with Crippen LogP contribution < -0.4 is 0 Å². The summed E-state index contributed by atoms with van der Waals surface area (Å²) in [5.74, 6) is 0.734. The van der Waals surface area contributed by atoms with Gasteiger partial charge in [-0.3, -0.25) is 0 Å². The molecule has 1 aromatic carbocycles. The van der Waals surface area contributed by atoms with Gasteiger partial charge in [0, 0.05) is 5.56 Å². The largest absolute Gasteiger partial charge is 0.507 e. The highest BCUT2D eigenvalue weighted by Gasteiger charge is 2.12. The van der Waals surface area contributed by atoms with Gasteiger partial charge in [0.05, 0.1) is 3.57 Å². The molecular weight excluding hydrogens is 386 g/mol. The third-order valence-electron chi connectivity index (χ3n) is 2.52. The first-order valence-electron chi connectivity index (χ1n) is 5.09. The van der Waals surface area contributed by atoms with E-state index in [1.165, 1.54) is 0 Å². The van der Waals surface area contributed by atoms with Crippen LogP contribution in [0.2, 0.25) is 10.3 Å². The van der Waals surface area contributed by atoms with Gasteiger partial charge in [0.15, 0.2) is 5.82 Å². The highest BCUT2D eigenvalue weighted by Crippen LogP contribution is 2.30. The molecule has 0 atom stereocenters. The number of aryl methyl sites for hydroxylation is 2. The molecule has 0 aliphatic carbocycles. The molecule has 0 fully saturated rings. The number of phenolic OH excluding ortho intramolecular Hbond substituents is 1. The first-order chi connectivity index (χ1) is 8.40. The molecule has 2 rings (SSSR count). The van der Waals surface area contributed by atoms with Gasteiger partial charge in [0.1, 0.15) is 16.1 Å². The smallest absolute Gasteiger partial charge is 0.162 e. The summed E-state index contributed by atoms with van der Waals surface area (Å²) in [7, 11) is 0. The topological polar surface area (TPSA) is 46.0 Å². The normalized spacial score (nSPS) is 10.7. The van der Waals surface area contributed by atoms with E-state index in [0.29, 0.717) is 19.7 Å². The zero-order valence-corrected chi connectivity index (χ0v) is 13.3. The van der Waals surface area contributed by atoms with E-state index in [-0.39, 0.29) is 5.75 Å². The maximum Gasteiger partial charge on any atom is 0.162 e. The number of rotatable bonds is 1. The van der Waals surface area contributed by atoms with Crippen molar-refractivity contribution >= 4 is 45.8 Å². The van der Waals surface area contributed by atoms with Gasteiger partial charge in [-0.25, -0.2) is 9.97 Å². The highest BCUT2D eigenvalue weighted by atomic mass is 127. The molecule has 0 saturated heterocycles. The van der Waals surface area contributed by atoms with Gasteiger partial charge in [-0.15, -0.1) is 0 Å². The fourth-order valence-corrected chi connectivity index (χ4v) is 2.24. The van der Waals surface area contributed by atoms with Crippen LogP contribution in [0.5, 0.6) is 5.75 Å². The maximum absolute atomic E-state index is 9.74. The Balaban J connectivity index is 2.63. The molecule has 6 heteroatoms. The Morgan fingerprint density at radius 3 is 1.94 bits per heavy atom. The Morgan fingerprint density at radius 2 is 1.50 bits per heavy atom. The molecule has 0 bridgehead atoms. The summed E-state index contributed by atoms with van der Waals surface area (Å²) in [5.41, 5.74) is 2.31. The molecule has 0 amide bonds. The molecule has 3 nitrogen and oxygen atoms in total. The van der Waals surface area contributed by atoms with Crippen molar-refractivity contribution in [2.75, 3.05) is 0 Å². The third-order valence-corrected chi connectivity index (χ3v) is 4.73. The molecule has 0 saturated carbocycles. The lowest BCUT2D eigenvalue weighted by Gasteiger charge is -2.08.